The van der Waals surface area contributed by atoms with E-state index in [1.807, 2.05) is 0 Å². The molecule has 0 aromatic heterocycles. The molecule has 0 saturated carbocycles. The molecule has 2 aliphatic rings. The Balaban J connectivity index is 2.29. The molecule has 2 rings (SSSR count). The molecule has 1 aliphatic heterocycles. The van der Waals surface area contributed by atoms with Crippen molar-refractivity contribution in [3.05, 3.63) is 23.8 Å². The minimum absolute atomic E-state index is 0.310. The lowest BCUT2D eigenvalue weighted by Gasteiger charge is -2.46. The summed E-state index contributed by atoms with van der Waals surface area (Å²) in [5, 5.41) is 0. The summed E-state index contributed by atoms with van der Waals surface area (Å²) >= 11 is 0. The fraction of sp³-hybridized carbons (Fsp3) is 0.714. The first-order valence-corrected chi connectivity index (χ1v) is 6.08. The minimum Gasteiger partial charge on any atom is -0.373 e. The normalized spacial score (nSPS) is 45.6. The van der Waals surface area contributed by atoms with Gasteiger partial charge in [-0.3, -0.25) is 0 Å². The summed E-state index contributed by atoms with van der Waals surface area (Å²) in [6.07, 6.45) is 7.09. The van der Waals surface area contributed by atoms with Crippen LogP contribution in [0.3, 0.4) is 0 Å². The summed E-state index contributed by atoms with van der Waals surface area (Å²) < 4.78 is 5.97. The average Bonchev–Trinajstić information content (AvgIpc) is 2.15. The fourth-order valence-corrected chi connectivity index (χ4v) is 3.36. The van der Waals surface area contributed by atoms with Gasteiger partial charge in [0.05, 0.1) is 12.7 Å². The van der Waals surface area contributed by atoms with Gasteiger partial charge >= 0.3 is 0 Å². The molecule has 1 heterocycles. The van der Waals surface area contributed by atoms with Crippen molar-refractivity contribution in [1.29, 1.82) is 0 Å². The second-order valence-corrected chi connectivity index (χ2v) is 5.14. The van der Waals surface area contributed by atoms with Gasteiger partial charge < -0.3 is 4.74 Å². The molecule has 2 bridgehead atoms. The molecule has 5 atom stereocenters. The molecular weight excluding hydrogens is 184 g/mol. The van der Waals surface area contributed by atoms with Crippen LogP contribution < -0.4 is 0 Å². The van der Waals surface area contributed by atoms with Gasteiger partial charge in [0.15, 0.2) is 0 Å². The number of hydrogen-bond acceptors (Lipinski definition) is 1. The Kier molecular flexibility index (Phi) is 3.01. The predicted molar refractivity (Wildman–Crippen MR) is 63.6 cm³/mol. The highest BCUT2D eigenvalue weighted by Crippen LogP contribution is 2.44. The summed E-state index contributed by atoms with van der Waals surface area (Å²) in [6, 6.07) is 0. The Hall–Kier alpha value is -0.560. The monoisotopic (exact) mass is 206 g/mol. The Morgan fingerprint density at radius 1 is 1.40 bits per heavy atom. The zero-order chi connectivity index (χ0) is 11.0. The highest BCUT2D eigenvalue weighted by molar-refractivity contribution is 5.19. The summed E-state index contributed by atoms with van der Waals surface area (Å²) in [7, 11) is 0. The number of rotatable bonds is 1. The summed E-state index contributed by atoms with van der Waals surface area (Å²) in [6.45, 7) is 9.98. The molecular formula is C14H22O. The van der Waals surface area contributed by atoms with Crippen LogP contribution in [0.4, 0.5) is 0 Å². The number of ether oxygens (including phenoxy) is 1. The van der Waals surface area contributed by atoms with E-state index in [0.717, 1.165) is 18.4 Å². The largest absolute Gasteiger partial charge is 0.373 e. The average molecular weight is 206 g/mol. The molecule has 84 valence electrons. The molecule has 1 aliphatic carbocycles. The molecule has 15 heavy (non-hydrogen) atoms. The molecule has 0 amide bonds. The van der Waals surface area contributed by atoms with Gasteiger partial charge in [0.1, 0.15) is 0 Å². The maximum Gasteiger partial charge on any atom is 0.0823 e. The first-order valence-electron chi connectivity index (χ1n) is 6.08. The lowest BCUT2D eigenvalue weighted by Crippen LogP contribution is -2.45. The molecule has 0 spiro atoms. The predicted octanol–water partition coefficient (Wildman–Crippen LogP) is 3.43. The van der Waals surface area contributed by atoms with E-state index >= 15 is 0 Å². The van der Waals surface area contributed by atoms with E-state index in [9.17, 15) is 0 Å². The van der Waals surface area contributed by atoms with Gasteiger partial charge in [-0.2, -0.15) is 0 Å². The van der Waals surface area contributed by atoms with Gasteiger partial charge in [-0.05, 0) is 31.6 Å². The Morgan fingerprint density at radius 3 is 2.80 bits per heavy atom. The highest BCUT2D eigenvalue weighted by atomic mass is 16.5. The smallest absolute Gasteiger partial charge is 0.0823 e. The van der Waals surface area contributed by atoms with Crippen LogP contribution in [0.5, 0.6) is 0 Å². The number of hydrogen-bond donors (Lipinski definition) is 0. The second kappa shape index (κ2) is 4.13. The van der Waals surface area contributed by atoms with Crippen molar-refractivity contribution in [3.63, 3.8) is 0 Å². The zero-order valence-electron chi connectivity index (χ0n) is 10.2. The number of fused-ring (bicyclic) bond motifs is 2. The summed E-state index contributed by atoms with van der Waals surface area (Å²) in [5.41, 5.74) is 1.52. The quantitative estimate of drug-likeness (QED) is 0.597. The van der Waals surface area contributed by atoms with E-state index in [1.165, 1.54) is 5.57 Å². The second-order valence-electron chi connectivity index (χ2n) is 5.14. The summed E-state index contributed by atoms with van der Waals surface area (Å²) in [5.74, 6) is 2.78. The van der Waals surface area contributed by atoms with Crippen molar-refractivity contribution in [2.45, 2.75) is 33.8 Å². The van der Waals surface area contributed by atoms with E-state index in [1.54, 1.807) is 0 Å². The third-order valence-electron chi connectivity index (χ3n) is 4.19. The topological polar surface area (TPSA) is 9.23 Å². The van der Waals surface area contributed by atoms with E-state index in [-0.39, 0.29) is 0 Å². The first-order chi connectivity index (χ1) is 7.15. The van der Waals surface area contributed by atoms with Gasteiger partial charge in [0.25, 0.3) is 0 Å². The van der Waals surface area contributed by atoms with Gasteiger partial charge in [0, 0.05) is 5.92 Å². The van der Waals surface area contributed by atoms with Crippen molar-refractivity contribution < 1.29 is 4.74 Å². The van der Waals surface area contributed by atoms with E-state index < -0.39 is 0 Å². The fourth-order valence-electron chi connectivity index (χ4n) is 3.36. The van der Waals surface area contributed by atoms with Gasteiger partial charge in [-0.25, -0.2) is 0 Å². The van der Waals surface area contributed by atoms with Crippen LogP contribution in [-0.4, -0.2) is 12.7 Å². The van der Waals surface area contributed by atoms with Crippen molar-refractivity contribution in [2.24, 2.45) is 23.7 Å². The van der Waals surface area contributed by atoms with Crippen LogP contribution in [0.2, 0.25) is 0 Å². The van der Waals surface area contributed by atoms with Gasteiger partial charge in [0.2, 0.25) is 0 Å². The van der Waals surface area contributed by atoms with Crippen LogP contribution in [0, 0.1) is 23.7 Å². The van der Waals surface area contributed by atoms with Gasteiger partial charge in [-0.1, -0.05) is 37.6 Å². The molecule has 0 aromatic carbocycles. The van der Waals surface area contributed by atoms with Crippen molar-refractivity contribution in [2.75, 3.05) is 6.61 Å². The zero-order valence-corrected chi connectivity index (χ0v) is 10.2. The van der Waals surface area contributed by atoms with Crippen molar-refractivity contribution in [3.8, 4) is 0 Å². The molecule has 1 saturated heterocycles. The van der Waals surface area contributed by atoms with Crippen molar-refractivity contribution in [1.82, 2.24) is 0 Å². The molecule has 1 nitrogen and oxygen atoms in total. The summed E-state index contributed by atoms with van der Waals surface area (Å²) in [4.78, 5) is 0. The maximum atomic E-state index is 5.97. The van der Waals surface area contributed by atoms with Crippen molar-refractivity contribution >= 4 is 0 Å². The Morgan fingerprint density at radius 2 is 2.13 bits per heavy atom. The molecule has 0 radical (unpaired) electrons. The SMILES string of the molecule is C/C=C/[C@@H]1OC[C@H]2[C@@H](C)[C@@H]1C(C)=C[C@@H]2C. The third kappa shape index (κ3) is 1.78. The van der Waals surface area contributed by atoms with E-state index in [0.29, 0.717) is 17.9 Å². The van der Waals surface area contributed by atoms with Crippen LogP contribution in [0.25, 0.3) is 0 Å². The van der Waals surface area contributed by atoms with Crippen LogP contribution >= 0.6 is 0 Å². The van der Waals surface area contributed by atoms with Crippen LogP contribution in [0.15, 0.2) is 23.8 Å². The molecule has 1 fully saturated rings. The maximum absolute atomic E-state index is 5.97. The standard InChI is InChI=1S/C14H22O/c1-5-6-13-14-10(3)7-9(2)12(8-15-13)11(14)4/h5-7,9,11-14H,8H2,1-4H3/b6-5+/t9-,11+,12+,13-,14-/m0/s1. The lowest BCUT2D eigenvalue weighted by molar-refractivity contribution is -0.0687. The Bertz CT molecular complexity index is 290. The third-order valence-corrected chi connectivity index (χ3v) is 4.19. The minimum atomic E-state index is 0.310. The highest BCUT2D eigenvalue weighted by Gasteiger charge is 2.42. The molecule has 0 aromatic rings. The van der Waals surface area contributed by atoms with Crippen LogP contribution in [0.1, 0.15) is 27.7 Å². The van der Waals surface area contributed by atoms with Crippen LogP contribution in [-0.2, 0) is 4.74 Å². The van der Waals surface area contributed by atoms with E-state index in [2.05, 4.69) is 45.9 Å². The van der Waals surface area contributed by atoms with Gasteiger partial charge in [-0.15, -0.1) is 0 Å². The molecule has 1 heteroatoms. The molecule has 0 unspecified atom stereocenters. The molecule has 0 N–H and O–H groups in total. The van der Waals surface area contributed by atoms with E-state index in [4.69, 9.17) is 4.74 Å². The number of allylic oxidation sites excluding steroid dienone is 2. The lowest BCUT2D eigenvalue weighted by atomic mass is 9.65. The Labute approximate surface area is 93.2 Å². The first kappa shape index (κ1) is 10.9.